The zero-order valence-corrected chi connectivity index (χ0v) is 12.2. The van der Waals surface area contributed by atoms with Crippen molar-refractivity contribution in [2.24, 2.45) is 0 Å². The monoisotopic (exact) mass is 275 g/mol. The average molecular weight is 276 g/mol. The van der Waals surface area contributed by atoms with E-state index in [1.807, 2.05) is 6.07 Å². The van der Waals surface area contributed by atoms with Crippen LogP contribution in [0.2, 0.25) is 5.02 Å². The SMILES string of the molecule is Clc1ccc2c(c1)CC(NCCC1=CCCCC1)C2. The van der Waals surface area contributed by atoms with Gasteiger partial charge in [-0.3, -0.25) is 0 Å². The lowest BCUT2D eigenvalue weighted by molar-refractivity contribution is 0.528. The molecule has 1 aromatic rings. The third-order valence-electron chi connectivity index (χ3n) is 4.37. The van der Waals surface area contributed by atoms with Crippen molar-refractivity contribution in [1.29, 1.82) is 0 Å². The van der Waals surface area contributed by atoms with Crippen molar-refractivity contribution in [1.82, 2.24) is 5.32 Å². The molecule has 0 saturated heterocycles. The molecule has 2 aliphatic rings. The molecular weight excluding hydrogens is 254 g/mol. The van der Waals surface area contributed by atoms with Crippen molar-refractivity contribution < 1.29 is 0 Å². The van der Waals surface area contributed by atoms with Crippen molar-refractivity contribution in [2.75, 3.05) is 6.54 Å². The van der Waals surface area contributed by atoms with Gasteiger partial charge in [-0.2, -0.15) is 0 Å². The number of allylic oxidation sites excluding steroid dienone is 1. The quantitative estimate of drug-likeness (QED) is 0.809. The fourth-order valence-electron chi connectivity index (χ4n) is 3.30. The molecule has 0 saturated carbocycles. The lowest BCUT2D eigenvalue weighted by atomic mass is 9.97. The zero-order chi connectivity index (χ0) is 13.1. The molecule has 102 valence electrons. The van der Waals surface area contributed by atoms with E-state index in [0.29, 0.717) is 6.04 Å². The molecule has 1 aromatic carbocycles. The number of rotatable bonds is 4. The molecule has 0 aliphatic heterocycles. The van der Waals surface area contributed by atoms with E-state index in [-0.39, 0.29) is 0 Å². The molecule has 1 nitrogen and oxygen atoms in total. The first kappa shape index (κ1) is 13.2. The summed E-state index contributed by atoms with van der Waals surface area (Å²) < 4.78 is 0. The smallest absolute Gasteiger partial charge is 0.0408 e. The summed E-state index contributed by atoms with van der Waals surface area (Å²) in [6.45, 7) is 1.12. The van der Waals surface area contributed by atoms with Gasteiger partial charge in [-0.1, -0.05) is 29.3 Å². The van der Waals surface area contributed by atoms with Crippen LogP contribution in [0.3, 0.4) is 0 Å². The van der Waals surface area contributed by atoms with E-state index in [1.54, 1.807) is 5.57 Å². The van der Waals surface area contributed by atoms with Gasteiger partial charge in [-0.25, -0.2) is 0 Å². The molecule has 0 radical (unpaired) electrons. The van der Waals surface area contributed by atoms with E-state index >= 15 is 0 Å². The topological polar surface area (TPSA) is 12.0 Å². The minimum Gasteiger partial charge on any atom is -0.313 e. The summed E-state index contributed by atoms with van der Waals surface area (Å²) in [5.74, 6) is 0. The maximum atomic E-state index is 6.05. The molecule has 2 aliphatic carbocycles. The Bertz CT molecular complexity index is 478. The third kappa shape index (κ3) is 3.40. The minimum atomic E-state index is 0.609. The Kier molecular flexibility index (Phi) is 4.24. The van der Waals surface area contributed by atoms with Gasteiger partial charge >= 0.3 is 0 Å². The second-order valence-corrected chi connectivity index (χ2v) is 6.27. The molecule has 3 rings (SSSR count). The molecule has 2 heteroatoms. The Hall–Kier alpha value is -0.790. The van der Waals surface area contributed by atoms with Gasteiger partial charge in [-0.05, 0) is 74.8 Å². The van der Waals surface area contributed by atoms with E-state index < -0.39 is 0 Å². The van der Waals surface area contributed by atoms with E-state index in [1.165, 1.54) is 43.2 Å². The Morgan fingerprint density at radius 2 is 2.05 bits per heavy atom. The second-order valence-electron chi connectivity index (χ2n) is 5.83. The first-order valence-electron chi connectivity index (χ1n) is 7.50. The lowest BCUT2D eigenvalue weighted by Gasteiger charge is -2.15. The number of halogens is 1. The molecule has 0 aromatic heterocycles. The van der Waals surface area contributed by atoms with Crippen LogP contribution in [-0.2, 0) is 12.8 Å². The predicted octanol–water partition coefficient (Wildman–Crippen LogP) is 4.29. The zero-order valence-electron chi connectivity index (χ0n) is 11.4. The van der Waals surface area contributed by atoms with Gasteiger partial charge in [0.1, 0.15) is 0 Å². The summed E-state index contributed by atoms with van der Waals surface area (Å²) in [6, 6.07) is 6.93. The number of nitrogens with one attached hydrogen (secondary N) is 1. The van der Waals surface area contributed by atoms with Crippen LogP contribution in [0, 0.1) is 0 Å². The summed E-state index contributed by atoms with van der Waals surface area (Å²) in [4.78, 5) is 0. The maximum Gasteiger partial charge on any atom is 0.0408 e. The molecule has 0 amide bonds. The van der Waals surface area contributed by atoms with E-state index in [0.717, 1.165) is 24.4 Å². The Morgan fingerprint density at radius 3 is 2.89 bits per heavy atom. The molecule has 19 heavy (non-hydrogen) atoms. The van der Waals surface area contributed by atoms with Gasteiger partial charge in [0.2, 0.25) is 0 Å². The Morgan fingerprint density at radius 1 is 1.16 bits per heavy atom. The molecule has 0 fully saturated rings. The highest BCUT2D eigenvalue weighted by atomic mass is 35.5. The number of fused-ring (bicyclic) bond motifs is 1. The highest BCUT2D eigenvalue weighted by Gasteiger charge is 2.20. The molecule has 1 atom stereocenters. The highest BCUT2D eigenvalue weighted by Crippen LogP contribution is 2.25. The van der Waals surface area contributed by atoms with Crippen molar-refractivity contribution in [2.45, 2.75) is 51.0 Å². The van der Waals surface area contributed by atoms with Crippen molar-refractivity contribution in [3.8, 4) is 0 Å². The standard InChI is InChI=1S/C17H22ClN/c18-16-7-6-14-11-17(12-15(14)10-16)19-9-8-13-4-2-1-3-5-13/h4,6-7,10,17,19H,1-3,5,8-9,11-12H2. The average Bonchev–Trinajstić information content (AvgIpc) is 2.82. The van der Waals surface area contributed by atoms with Crippen molar-refractivity contribution in [3.63, 3.8) is 0 Å². The predicted molar refractivity (Wildman–Crippen MR) is 81.8 cm³/mol. The van der Waals surface area contributed by atoms with Gasteiger partial charge in [0.25, 0.3) is 0 Å². The van der Waals surface area contributed by atoms with Crippen LogP contribution in [0.25, 0.3) is 0 Å². The first-order valence-corrected chi connectivity index (χ1v) is 7.87. The molecule has 0 bridgehead atoms. The maximum absolute atomic E-state index is 6.05. The van der Waals surface area contributed by atoms with Gasteiger partial charge < -0.3 is 5.32 Å². The van der Waals surface area contributed by atoms with Crippen LogP contribution >= 0.6 is 11.6 Å². The minimum absolute atomic E-state index is 0.609. The van der Waals surface area contributed by atoms with Gasteiger partial charge in [0.05, 0.1) is 0 Å². The van der Waals surface area contributed by atoms with Crippen LogP contribution < -0.4 is 5.32 Å². The number of hydrogen-bond donors (Lipinski definition) is 1. The normalized spacial score (nSPS) is 22.2. The van der Waals surface area contributed by atoms with E-state index in [4.69, 9.17) is 11.6 Å². The summed E-state index contributed by atoms with van der Waals surface area (Å²) >= 11 is 6.05. The van der Waals surface area contributed by atoms with Crippen LogP contribution in [0.15, 0.2) is 29.8 Å². The molecule has 1 unspecified atom stereocenters. The van der Waals surface area contributed by atoms with E-state index in [9.17, 15) is 0 Å². The van der Waals surface area contributed by atoms with E-state index in [2.05, 4.69) is 23.5 Å². The third-order valence-corrected chi connectivity index (χ3v) is 4.60. The fraction of sp³-hybridized carbons (Fsp3) is 0.529. The molecule has 0 heterocycles. The van der Waals surface area contributed by atoms with Gasteiger partial charge in [0, 0.05) is 11.1 Å². The lowest BCUT2D eigenvalue weighted by Crippen LogP contribution is -2.30. The summed E-state index contributed by atoms with van der Waals surface area (Å²) in [6.07, 6.45) is 11.4. The fourth-order valence-corrected chi connectivity index (χ4v) is 3.49. The Labute approximate surface area is 121 Å². The second kappa shape index (κ2) is 6.11. The van der Waals surface area contributed by atoms with Crippen LogP contribution in [0.5, 0.6) is 0 Å². The van der Waals surface area contributed by atoms with Gasteiger partial charge in [-0.15, -0.1) is 0 Å². The van der Waals surface area contributed by atoms with Crippen molar-refractivity contribution in [3.05, 3.63) is 46.0 Å². The van der Waals surface area contributed by atoms with Crippen LogP contribution in [0.1, 0.15) is 43.2 Å². The molecular formula is C17H22ClN. The first-order chi connectivity index (χ1) is 9.31. The largest absolute Gasteiger partial charge is 0.313 e. The highest BCUT2D eigenvalue weighted by molar-refractivity contribution is 6.30. The number of benzene rings is 1. The molecule has 1 N–H and O–H groups in total. The van der Waals surface area contributed by atoms with Crippen molar-refractivity contribution >= 4 is 11.6 Å². The number of hydrogen-bond acceptors (Lipinski definition) is 1. The summed E-state index contributed by atoms with van der Waals surface area (Å²) in [5.41, 5.74) is 4.57. The Balaban J connectivity index is 1.47. The van der Waals surface area contributed by atoms with Gasteiger partial charge in [0.15, 0.2) is 0 Å². The summed E-state index contributed by atoms with van der Waals surface area (Å²) in [7, 11) is 0. The molecule has 0 spiro atoms. The van der Waals surface area contributed by atoms with Crippen LogP contribution in [0.4, 0.5) is 0 Å². The summed E-state index contributed by atoms with van der Waals surface area (Å²) in [5, 5.41) is 4.58. The van der Waals surface area contributed by atoms with Crippen LogP contribution in [-0.4, -0.2) is 12.6 Å².